The summed E-state index contributed by atoms with van der Waals surface area (Å²) in [5.74, 6) is 0.304. The molecule has 0 spiro atoms. The van der Waals surface area contributed by atoms with Gasteiger partial charge in [0.15, 0.2) is 14.9 Å². The van der Waals surface area contributed by atoms with Gasteiger partial charge in [-0.3, -0.25) is 4.79 Å². The molecule has 156 valence electrons. The van der Waals surface area contributed by atoms with Gasteiger partial charge in [-0.05, 0) is 48.4 Å². The first-order chi connectivity index (χ1) is 14.3. The first kappa shape index (κ1) is 20.5. The third-order valence-electron chi connectivity index (χ3n) is 5.96. The lowest BCUT2D eigenvalue weighted by Crippen LogP contribution is -2.50. The van der Waals surface area contributed by atoms with E-state index in [2.05, 4.69) is 21.7 Å². The molecular weight excluding hydrogens is 400 g/mol. The van der Waals surface area contributed by atoms with Gasteiger partial charge in [0, 0.05) is 30.5 Å². The van der Waals surface area contributed by atoms with Crippen molar-refractivity contribution in [2.45, 2.75) is 48.8 Å². The van der Waals surface area contributed by atoms with Gasteiger partial charge in [0.25, 0.3) is 0 Å². The highest BCUT2D eigenvalue weighted by atomic mass is 32.2. The number of nitrogens with zero attached hydrogens (tertiary/aromatic N) is 2. The second kappa shape index (κ2) is 8.17. The Kier molecular flexibility index (Phi) is 5.58. The number of sulfone groups is 1. The molecule has 4 atom stereocenters. The molecule has 2 heterocycles. The maximum atomic E-state index is 12.6. The van der Waals surface area contributed by atoms with Crippen molar-refractivity contribution in [2.24, 2.45) is 5.92 Å². The van der Waals surface area contributed by atoms with E-state index in [4.69, 9.17) is 0 Å². The number of piperidine rings is 1. The standard InChI is InChI=1S/C22H24N4O3S/c1-30(28,29)20-9-7-17(13-24-20)15-4-2-14(3-5-15)10-19(12-23)26-22(27)21-16-6-8-18(11-16)25-21/h2-5,7,9,13,16,18-19,21,25H,6,8,10-11H2,1H3,(H,26,27)/t16-,18+,19-,21-/m0/s1. The van der Waals surface area contributed by atoms with Gasteiger partial charge in [0.1, 0.15) is 6.04 Å². The number of amides is 1. The van der Waals surface area contributed by atoms with Gasteiger partial charge in [-0.15, -0.1) is 0 Å². The SMILES string of the molecule is CS(=O)(=O)c1ccc(-c2ccc(C[C@@H](C#N)NC(=O)[C@H]3N[C@@H]4CC[C@H]3C4)cc2)cn1. The van der Waals surface area contributed by atoms with E-state index in [1.165, 1.54) is 12.3 Å². The predicted octanol–water partition coefficient (Wildman–Crippen LogP) is 1.84. The van der Waals surface area contributed by atoms with Crippen molar-refractivity contribution in [1.82, 2.24) is 15.6 Å². The molecule has 1 aromatic carbocycles. The number of hydrogen-bond donors (Lipinski definition) is 2. The van der Waals surface area contributed by atoms with Crippen LogP contribution in [0.25, 0.3) is 11.1 Å². The molecule has 7 nitrogen and oxygen atoms in total. The average molecular weight is 425 g/mol. The topological polar surface area (TPSA) is 112 Å². The van der Waals surface area contributed by atoms with Crippen LogP contribution in [-0.4, -0.2) is 43.7 Å². The van der Waals surface area contributed by atoms with Crippen LogP contribution in [0, 0.1) is 17.2 Å². The van der Waals surface area contributed by atoms with Crippen molar-refractivity contribution in [3.05, 3.63) is 48.2 Å². The number of carbonyl (C=O) groups is 1. The van der Waals surface area contributed by atoms with Crippen LogP contribution >= 0.6 is 0 Å². The third-order valence-corrected chi connectivity index (χ3v) is 6.96. The molecule has 4 rings (SSSR count). The van der Waals surface area contributed by atoms with Crippen LogP contribution in [0.2, 0.25) is 0 Å². The molecule has 1 saturated heterocycles. The fourth-order valence-corrected chi connectivity index (χ4v) is 4.94. The maximum Gasteiger partial charge on any atom is 0.238 e. The van der Waals surface area contributed by atoms with E-state index < -0.39 is 15.9 Å². The third kappa shape index (κ3) is 4.37. The molecule has 30 heavy (non-hydrogen) atoms. The first-order valence-corrected chi connectivity index (χ1v) is 11.9. The monoisotopic (exact) mass is 424 g/mol. The summed E-state index contributed by atoms with van der Waals surface area (Å²) in [6.45, 7) is 0. The van der Waals surface area contributed by atoms with Crippen molar-refractivity contribution in [2.75, 3.05) is 6.26 Å². The van der Waals surface area contributed by atoms with Gasteiger partial charge in [0.05, 0.1) is 12.1 Å². The molecule has 0 unspecified atom stereocenters. The Bertz CT molecular complexity index is 1070. The summed E-state index contributed by atoms with van der Waals surface area (Å²) in [5, 5.41) is 15.8. The molecule has 2 N–H and O–H groups in total. The fraction of sp³-hybridized carbons (Fsp3) is 0.409. The number of pyridine rings is 1. The Labute approximate surface area is 176 Å². The first-order valence-electron chi connectivity index (χ1n) is 10.0. The molecule has 1 aromatic heterocycles. The van der Waals surface area contributed by atoms with E-state index in [0.717, 1.165) is 42.2 Å². The molecule has 1 amide bonds. The van der Waals surface area contributed by atoms with Crippen LogP contribution in [0.1, 0.15) is 24.8 Å². The Hall–Kier alpha value is -2.76. The van der Waals surface area contributed by atoms with E-state index in [-0.39, 0.29) is 17.0 Å². The highest BCUT2D eigenvalue weighted by molar-refractivity contribution is 7.90. The summed E-state index contributed by atoms with van der Waals surface area (Å²) in [7, 11) is -3.32. The van der Waals surface area contributed by atoms with E-state index in [9.17, 15) is 18.5 Å². The van der Waals surface area contributed by atoms with Crippen LogP contribution in [0.4, 0.5) is 0 Å². The molecular formula is C22H24N4O3S. The van der Waals surface area contributed by atoms with Gasteiger partial charge >= 0.3 is 0 Å². The molecule has 1 aliphatic heterocycles. The molecule has 0 radical (unpaired) electrons. The molecule has 1 aliphatic carbocycles. The molecule has 1 saturated carbocycles. The summed E-state index contributed by atoms with van der Waals surface area (Å²) in [6, 6.07) is 12.7. The number of aromatic nitrogens is 1. The van der Waals surface area contributed by atoms with Gasteiger partial charge in [-0.1, -0.05) is 24.3 Å². The minimum absolute atomic E-state index is 0.0421. The number of hydrogen-bond acceptors (Lipinski definition) is 6. The van der Waals surface area contributed by atoms with E-state index in [1.54, 1.807) is 6.07 Å². The average Bonchev–Trinajstić information content (AvgIpc) is 3.37. The van der Waals surface area contributed by atoms with Crippen LogP contribution in [-0.2, 0) is 21.1 Å². The Morgan fingerprint density at radius 2 is 1.97 bits per heavy atom. The summed E-state index contributed by atoms with van der Waals surface area (Å²) < 4.78 is 23.1. The van der Waals surface area contributed by atoms with E-state index in [1.807, 2.05) is 24.3 Å². The normalized spacial score (nSPS) is 23.7. The largest absolute Gasteiger partial charge is 0.339 e. The summed E-state index contributed by atoms with van der Waals surface area (Å²) >= 11 is 0. The van der Waals surface area contributed by atoms with Gasteiger partial charge in [-0.25, -0.2) is 13.4 Å². The zero-order valence-corrected chi connectivity index (χ0v) is 17.5. The molecule has 2 aromatic rings. The van der Waals surface area contributed by atoms with Gasteiger partial charge < -0.3 is 10.6 Å². The summed E-state index contributed by atoms with van der Waals surface area (Å²) in [5.41, 5.74) is 2.64. The van der Waals surface area contributed by atoms with Crippen LogP contribution in [0.15, 0.2) is 47.6 Å². The van der Waals surface area contributed by atoms with Crippen molar-refractivity contribution in [3.63, 3.8) is 0 Å². The summed E-state index contributed by atoms with van der Waals surface area (Å²) in [4.78, 5) is 16.6. The van der Waals surface area contributed by atoms with Crippen molar-refractivity contribution < 1.29 is 13.2 Å². The number of nitrogens with one attached hydrogen (secondary N) is 2. The number of carbonyl (C=O) groups excluding carboxylic acids is 1. The molecule has 2 bridgehead atoms. The number of nitriles is 1. The number of benzene rings is 1. The quantitative estimate of drug-likeness (QED) is 0.732. The zero-order chi connectivity index (χ0) is 21.3. The predicted molar refractivity (Wildman–Crippen MR) is 112 cm³/mol. The van der Waals surface area contributed by atoms with E-state index in [0.29, 0.717) is 18.4 Å². The highest BCUT2D eigenvalue weighted by Gasteiger charge is 2.43. The van der Waals surface area contributed by atoms with Crippen LogP contribution in [0.3, 0.4) is 0 Å². The van der Waals surface area contributed by atoms with Crippen LogP contribution < -0.4 is 10.6 Å². The Balaban J connectivity index is 1.38. The molecule has 2 fully saturated rings. The number of fused-ring (bicyclic) bond motifs is 2. The second-order valence-corrected chi connectivity index (χ2v) is 10.1. The highest BCUT2D eigenvalue weighted by Crippen LogP contribution is 2.35. The van der Waals surface area contributed by atoms with E-state index >= 15 is 0 Å². The van der Waals surface area contributed by atoms with Crippen molar-refractivity contribution in [1.29, 1.82) is 5.26 Å². The fourth-order valence-electron chi connectivity index (χ4n) is 4.38. The lowest BCUT2D eigenvalue weighted by molar-refractivity contribution is -0.124. The number of rotatable bonds is 6. The molecule has 8 heteroatoms. The minimum Gasteiger partial charge on any atom is -0.339 e. The zero-order valence-electron chi connectivity index (χ0n) is 16.7. The smallest absolute Gasteiger partial charge is 0.238 e. The lowest BCUT2D eigenvalue weighted by atomic mass is 9.98. The second-order valence-electron chi connectivity index (χ2n) is 8.16. The van der Waals surface area contributed by atoms with Crippen LogP contribution in [0.5, 0.6) is 0 Å². The van der Waals surface area contributed by atoms with Crippen molar-refractivity contribution >= 4 is 15.7 Å². The Morgan fingerprint density at radius 1 is 1.23 bits per heavy atom. The minimum atomic E-state index is -3.32. The molecule has 2 aliphatic rings. The summed E-state index contributed by atoms with van der Waals surface area (Å²) in [6.07, 6.45) is 6.35. The Morgan fingerprint density at radius 3 is 2.50 bits per heavy atom. The van der Waals surface area contributed by atoms with Gasteiger partial charge in [0.2, 0.25) is 5.91 Å². The lowest BCUT2D eigenvalue weighted by Gasteiger charge is -2.23. The van der Waals surface area contributed by atoms with Crippen molar-refractivity contribution in [3.8, 4) is 17.2 Å². The van der Waals surface area contributed by atoms with Gasteiger partial charge in [-0.2, -0.15) is 5.26 Å². The maximum absolute atomic E-state index is 12.6.